The molecule has 3 unspecified atom stereocenters. The van der Waals surface area contributed by atoms with Gasteiger partial charge in [0.15, 0.2) is 0 Å². The summed E-state index contributed by atoms with van der Waals surface area (Å²) >= 11 is -0.472. The molecule has 5 nitrogen and oxygen atoms in total. The number of aryl methyl sites for hydroxylation is 1. The van der Waals surface area contributed by atoms with E-state index in [0.29, 0.717) is 42.9 Å². The Labute approximate surface area is 237 Å². The second-order valence-corrected chi connectivity index (χ2v) is 14.6. The van der Waals surface area contributed by atoms with Gasteiger partial charge < -0.3 is 20.6 Å². The zero-order valence-electron chi connectivity index (χ0n) is 21.4. The zero-order chi connectivity index (χ0) is 26.5. The molecule has 5 rings (SSSR count). The Morgan fingerprint density at radius 3 is 2.70 bits per heavy atom. The van der Waals surface area contributed by atoms with Crippen LogP contribution in [0.15, 0.2) is 42.6 Å². The molecule has 2 aromatic rings. The van der Waals surface area contributed by atoms with Crippen LogP contribution in [0.4, 0.5) is 0 Å². The third-order valence-electron chi connectivity index (χ3n) is 9.28. The van der Waals surface area contributed by atoms with E-state index in [1.165, 1.54) is 11.1 Å². The Hall–Kier alpha value is -0.682. The molecule has 1 heterocycles. The molecule has 3 aliphatic rings. The van der Waals surface area contributed by atoms with Crippen molar-refractivity contribution in [3.63, 3.8) is 0 Å². The quantitative estimate of drug-likeness (QED) is 0.260. The van der Waals surface area contributed by atoms with Gasteiger partial charge >= 0.3 is 35.3 Å². The van der Waals surface area contributed by atoms with Gasteiger partial charge in [0.05, 0.1) is 11.7 Å². The Bertz CT molecular complexity index is 1020. The van der Waals surface area contributed by atoms with E-state index < -0.39 is 28.2 Å². The molecule has 8 heteroatoms. The SMILES string of the molecule is C[C@]12CCC3c4ccc(O)cc4CCC3C1C[C@@](O)(CCCCC[N-]Cc1ccccn1)[C@@H]2O.[Cl][Pt][Cl]. The van der Waals surface area contributed by atoms with E-state index in [0.717, 1.165) is 57.2 Å². The van der Waals surface area contributed by atoms with Crippen LogP contribution in [0.1, 0.15) is 81.0 Å². The van der Waals surface area contributed by atoms with Crippen LogP contribution in [0.25, 0.3) is 5.32 Å². The van der Waals surface area contributed by atoms with Crippen LogP contribution in [0.3, 0.4) is 0 Å². The van der Waals surface area contributed by atoms with Gasteiger partial charge in [-0.2, -0.15) is 0 Å². The van der Waals surface area contributed by atoms with Gasteiger partial charge in [0.1, 0.15) is 5.75 Å². The summed E-state index contributed by atoms with van der Waals surface area (Å²) in [5, 5.41) is 37.5. The van der Waals surface area contributed by atoms with Crippen molar-refractivity contribution in [2.75, 3.05) is 6.54 Å². The van der Waals surface area contributed by atoms with E-state index in [2.05, 4.69) is 23.3 Å². The van der Waals surface area contributed by atoms with Crippen LogP contribution in [-0.2, 0) is 29.4 Å². The molecule has 6 atom stereocenters. The second-order valence-electron chi connectivity index (χ2n) is 11.3. The molecular weight excluding hydrogens is 690 g/mol. The van der Waals surface area contributed by atoms with Gasteiger partial charge in [-0.1, -0.05) is 38.3 Å². The molecular formula is C29H39Cl2N2O3Pt-. The minimum atomic E-state index is -0.978. The van der Waals surface area contributed by atoms with E-state index in [1.807, 2.05) is 30.3 Å². The number of rotatable bonds is 8. The maximum atomic E-state index is 11.6. The number of unbranched alkanes of at least 4 members (excludes halogenated alkanes) is 2. The molecule has 3 aliphatic carbocycles. The molecule has 0 spiro atoms. The number of hydrogen-bond donors (Lipinski definition) is 3. The van der Waals surface area contributed by atoms with Gasteiger partial charge in [-0.05, 0) is 97.1 Å². The molecule has 37 heavy (non-hydrogen) atoms. The number of benzene rings is 1. The summed E-state index contributed by atoms with van der Waals surface area (Å²) in [5.41, 5.74) is 2.49. The van der Waals surface area contributed by atoms with Crippen molar-refractivity contribution in [1.82, 2.24) is 4.98 Å². The summed E-state index contributed by atoms with van der Waals surface area (Å²) in [6.07, 6.45) is 9.55. The normalized spacial score (nSPS) is 32.1. The first kappa shape index (κ1) is 29.3. The summed E-state index contributed by atoms with van der Waals surface area (Å²) in [6.45, 7) is 3.70. The van der Waals surface area contributed by atoms with Gasteiger partial charge in [-0.15, -0.1) is 13.1 Å². The molecule has 0 radical (unpaired) electrons. The number of nitrogens with zero attached hydrogens (tertiary/aromatic N) is 2. The van der Waals surface area contributed by atoms with Crippen molar-refractivity contribution in [2.24, 2.45) is 17.3 Å². The van der Waals surface area contributed by atoms with E-state index in [4.69, 9.17) is 18.8 Å². The standard InChI is InChI=1S/C29H39N2O3.2ClH.Pt/c1-28-14-12-24-23-11-9-22(32)17-20(23)8-10-25(24)26(28)18-29(34,27(28)33)13-4-2-5-15-30-19-21-7-3-6-16-31-21;;;/h3,6-7,9,11,16-17,24-27,32-34H,2,4-5,8,10,12-15,18-19H2,1H3;2*1H;/q-1;;;+2/p-2/t24?,25?,26?,27-,28+,29+;;;/m1.../s1. The fourth-order valence-electron chi connectivity index (χ4n) is 7.50. The number of aromatic hydroxyl groups is 1. The Balaban J connectivity index is 0.00000102. The van der Waals surface area contributed by atoms with Crippen molar-refractivity contribution in [3.8, 4) is 5.75 Å². The molecule has 1 aromatic carbocycles. The average Bonchev–Trinajstić information content (AvgIpc) is 3.10. The summed E-state index contributed by atoms with van der Waals surface area (Å²) < 4.78 is 0. The van der Waals surface area contributed by atoms with Gasteiger partial charge in [0.25, 0.3) is 0 Å². The number of fused-ring (bicyclic) bond motifs is 5. The zero-order valence-corrected chi connectivity index (χ0v) is 25.2. The Morgan fingerprint density at radius 2 is 1.95 bits per heavy atom. The van der Waals surface area contributed by atoms with Crippen molar-refractivity contribution in [1.29, 1.82) is 0 Å². The maximum absolute atomic E-state index is 11.6. The van der Waals surface area contributed by atoms with E-state index >= 15 is 0 Å². The molecule has 0 bridgehead atoms. The van der Waals surface area contributed by atoms with Crippen LogP contribution in [0, 0.1) is 17.3 Å². The average molecular weight is 730 g/mol. The molecule has 2 saturated carbocycles. The first-order valence-electron chi connectivity index (χ1n) is 13.4. The summed E-state index contributed by atoms with van der Waals surface area (Å²) in [4.78, 5) is 4.30. The van der Waals surface area contributed by atoms with Gasteiger partial charge in [-0.3, -0.25) is 4.98 Å². The van der Waals surface area contributed by atoms with Gasteiger partial charge in [-0.25, -0.2) is 0 Å². The summed E-state index contributed by atoms with van der Waals surface area (Å²) in [6, 6.07) is 11.8. The van der Waals surface area contributed by atoms with Crippen LogP contribution < -0.4 is 0 Å². The number of pyridine rings is 1. The monoisotopic (exact) mass is 728 g/mol. The number of phenols is 1. The molecule has 208 valence electrons. The molecule has 2 fully saturated rings. The summed E-state index contributed by atoms with van der Waals surface area (Å²) in [5.74, 6) is 1.69. The van der Waals surface area contributed by atoms with Crippen LogP contribution in [0.2, 0.25) is 0 Å². The van der Waals surface area contributed by atoms with E-state index in [-0.39, 0.29) is 5.41 Å². The predicted octanol–water partition coefficient (Wildman–Crippen LogP) is 6.86. The fraction of sp³-hybridized carbons (Fsp3) is 0.621. The third-order valence-corrected chi connectivity index (χ3v) is 9.28. The van der Waals surface area contributed by atoms with E-state index in [9.17, 15) is 15.3 Å². The Morgan fingerprint density at radius 1 is 1.14 bits per heavy atom. The summed E-state index contributed by atoms with van der Waals surface area (Å²) in [7, 11) is 9.75. The molecule has 1 aromatic heterocycles. The topological polar surface area (TPSA) is 87.7 Å². The first-order chi connectivity index (χ1) is 17.8. The van der Waals surface area contributed by atoms with Crippen LogP contribution in [0.5, 0.6) is 5.75 Å². The molecule has 0 amide bonds. The second kappa shape index (κ2) is 13.1. The number of halogens is 2. The third kappa shape index (κ3) is 6.56. The number of hydrogen-bond acceptors (Lipinski definition) is 4. The number of phenolic OH excluding ortho intramolecular Hbond substituents is 1. The van der Waals surface area contributed by atoms with Gasteiger partial charge in [0, 0.05) is 11.9 Å². The first-order valence-corrected chi connectivity index (χ1v) is 19.0. The van der Waals surface area contributed by atoms with Crippen molar-refractivity contribution >= 4 is 18.8 Å². The van der Waals surface area contributed by atoms with Crippen molar-refractivity contribution < 1.29 is 31.8 Å². The predicted molar refractivity (Wildman–Crippen MR) is 145 cm³/mol. The molecule has 0 saturated heterocycles. The van der Waals surface area contributed by atoms with Crippen molar-refractivity contribution in [2.45, 2.75) is 88.9 Å². The number of aliphatic hydroxyl groups excluding tert-OH is 1. The number of aromatic nitrogens is 1. The number of aliphatic hydroxyl groups is 2. The van der Waals surface area contributed by atoms with Gasteiger partial charge in [0.2, 0.25) is 0 Å². The van der Waals surface area contributed by atoms with Crippen molar-refractivity contribution in [3.05, 3.63) is 64.7 Å². The van der Waals surface area contributed by atoms with E-state index in [1.54, 1.807) is 6.20 Å². The fourth-order valence-corrected chi connectivity index (χ4v) is 7.50. The molecule has 0 aliphatic heterocycles. The van der Waals surface area contributed by atoms with Crippen LogP contribution in [-0.4, -0.2) is 38.6 Å². The Kier molecular flexibility index (Phi) is 10.4. The van der Waals surface area contributed by atoms with Crippen LogP contribution >= 0.6 is 18.8 Å². The minimum absolute atomic E-state index is 0.206. The molecule has 3 N–H and O–H groups in total.